The molecule has 5 nitrogen and oxygen atoms in total. The van der Waals surface area contributed by atoms with Crippen LogP contribution in [0.15, 0.2) is 53.9 Å². The number of aromatic nitrogens is 1. The minimum Gasteiger partial charge on any atom is -0.494 e. The zero-order valence-electron chi connectivity index (χ0n) is 17.4. The summed E-state index contributed by atoms with van der Waals surface area (Å²) in [6.07, 6.45) is 2.05. The van der Waals surface area contributed by atoms with Crippen molar-refractivity contribution >= 4 is 22.4 Å². The van der Waals surface area contributed by atoms with Crippen molar-refractivity contribution in [3.63, 3.8) is 0 Å². The summed E-state index contributed by atoms with van der Waals surface area (Å²) < 4.78 is 24.5. The fourth-order valence-corrected chi connectivity index (χ4v) is 4.47. The lowest BCUT2D eigenvalue weighted by atomic mass is 9.73. The Bertz CT molecular complexity index is 1010. The molecule has 3 aromatic rings. The minimum absolute atomic E-state index is 0.133. The minimum atomic E-state index is -0.754. The third-order valence-corrected chi connectivity index (χ3v) is 6.28. The maximum atomic E-state index is 13.4. The molecule has 0 bridgehead atoms. The second kappa shape index (κ2) is 9.58. The van der Waals surface area contributed by atoms with Gasteiger partial charge >= 0.3 is 0 Å². The van der Waals surface area contributed by atoms with E-state index < -0.39 is 5.41 Å². The number of nitrogens with zero attached hydrogens (tertiary/aromatic N) is 1. The molecule has 0 saturated carbocycles. The van der Waals surface area contributed by atoms with Crippen LogP contribution in [0.1, 0.15) is 31.7 Å². The van der Waals surface area contributed by atoms with Crippen molar-refractivity contribution in [2.45, 2.75) is 31.6 Å². The van der Waals surface area contributed by atoms with Gasteiger partial charge in [-0.25, -0.2) is 9.37 Å². The number of halogens is 1. The van der Waals surface area contributed by atoms with Crippen LogP contribution >= 0.6 is 11.3 Å². The maximum absolute atomic E-state index is 13.4. The molecule has 2 heterocycles. The molecule has 1 aliphatic rings. The van der Waals surface area contributed by atoms with Crippen molar-refractivity contribution in [1.29, 1.82) is 0 Å². The number of benzene rings is 2. The molecule has 1 amide bonds. The molecule has 0 aliphatic carbocycles. The van der Waals surface area contributed by atoms with Gasteiger partial charge in [-0.3, -0.25) is 4.79 Å². The van der Waals surface area contributed by atoms with Crippen molar-refractivity contribution in [2.24, 2.45) is 0 Å². The molecule has 1 aliphatic heterocycles. The molecule has 162 valence electrons. The Kier molecular flexibility index (Phi) is 6.63. The molecule has 0 unspecified atom stereocenters. The van der Waals surface area contributed by atoms with E-state index >= 15 is 0 Å². The number of rotatable bonds is 7. The first kappa shape index (κ1) is 21.5. The Morgan fingerprint density at radius 3 is 2.55 bits per heavy atom. The first-order valence-corrected chi connectivity index (χ1v) is 11.3. The summed E-state index contributed by atoms with van der Waals surface area (Å²) >= 11 is 1.39. The van der Waals surface area contributed by atoms with Gasteiger partial charge in [0, 0.05) is 24.2 Å². The molecule has 1 saturated heterocycles. The molecule has 0 spiro atoms. The van der Waals surface area contributed by atoms with E-state index in [0.717, 1.165) is 29.0 Å². The Hall–Kier alpha value is -2.77. The monoisotopic (exact) mass is 440 g/mol. The molecule has 31 heavy (non-hydrogen) atoms. The van der Waals surface area contributed by atoms with Crippen LogP contribution in [0.2, 0.25) is 0 Å². The molecular weight excluding hydrogens is 415 g/mol. The van der Waals surface area contributed by atoms with Crippen LogP contribution < -0.4 is 10.1 Å². The summed E-state index contributed by atoms with van der Waals surface area (Å²) in [5, 5.41) is 5.45. The number of amides is 1. The van der Waals surface area contributed by atoms with Crippen molar-refractivity contribution in [2.75, 3.05) is 25.1 Å². The highest BCUT2D eigenvalue weighted by Gasteiger charge is 2.42. The van der Waals surface area contributed by atoms with Gasteiger partial charge < -0.3 is 14.8 Å². The van der Waals surface area contributed by atoms with Crippen LogP contribution in [-0.4, -0.2) is 30.7 Å². The lowest BCUT2D eigenvalue weighted by Gasteiger charge is -2.36. The summed E-state index contributed by atoms with van der Waals surface area (Å²) in [4.78, 5) is 18.0. The number of hydrogen-bond acceptors (Lipinski definition) is 5. The summed E-state index contributed by atoms with van der Waals surface area (Å²) in [6, 6.07) is 14.0. The van der Waals surface area contributed by atoms with Gasteiger partial charge in [-0.05, 0) is 61.2 Å². The molecule has 2 aromatic carbocycles. The Balaban J connectivity index is 1.51. The number of anilines is 1. The Labute approximate surface area is 185 Å². The third-order valence-electron chi connectivity index (χ3n) is 5.53. The van der Waals surface area contributed by atoms with Crippen LogP contribution in [0.4, 0.5) is 9.52 Å². The predicted octanol–water partition coefficient (Wildman–Crippen LogP) is 5.42. The van der Waals surface area contributed by atoms with Crippen molar-refractivity contribution < 1.29 is 18.7 Å². The van der Waals surface area contributed by atoms with Gasteiger partial charge in [0.2, 0.25) is 5.91 Å². The number of thiazole rings is 1. The topological polar surface area (TPSA) is 60.5 Å². The summed E-state index contributed by atoms with van der Waals surface area (Å²) in [7, 11) is 0. The second-order valence-corrected chi connectivity index (χ2v) is 8.42. The number of hydrogen-bond donors (Lipinski definition) is 1. The first-order chi connectivity index (χ1) is 15.1. The molecule has 1 aromatic heterocycles. The lowest BCUT2D eigenvalue weighted by molar-refractivity contribution is -0.125. The summed E-state index contributed by atoms with van der Waals surface area (Å²) in [5.41, 5.74) is 1.80. The van der Waals surface area contributed by atoms with Crippen LogP contribution in [0.5, 0.6) is 5.75 Å². The zero-order chi connectivity index (χ0) is 21.7. The largest absolute Gasteiger partial charge is 0.494 e. The molecule has 4 rings (SSSR count). The van der Waals surface area contributed by atoms with Gasteiger partial charge in [0.1, 0.15) is 11.6 Å². The van der Waals surface area contributed by atoms with E-state index in [1.54, 1.807) is 12.1 Å². The standard InChI is InChI=1S/C24H25FN2O3S/c1-2-13-30-20-9-3-17(4-10-20)21-16-31-23(26-21)27-22(28)24(11-14-29-15-12-24)18-5-7-19(25)8-6-18/h3-10,16H,2,11-15H2,1H3,(H,26,27,28). The smallest absolute Gasteiger partial charge is 0.236 e. The average molecular weight is 441 g/mol. The number of ether oxygens (including phenoxy) is 2. The number of nitrogens with one attached hydrogen (secondary N) is 1. The Morgan fingerprint density at radius 2 is 1.87 bits per heavy atom. The van der Waals surface area contributed by atoms with E-state index in [1.807, 2.05) is 29.6 Å². The number of carbonyl (C=O) groups is 1. The van der Waals surface area contributed by atoms with E-state index in [4.69, 9.17) is 9.47 Å². The van der Waals surface area contributed by atoms with Crippen molar-refractivity contribution in [1.82, 2.24) is 4.98 Å². The summed E-state index contributed by atoms with van der Waals surface area (Å²) in [6.45, 7) is 3.73. The van der Waals surface area contributed by atoms with Gasteiger partial charge in [-0.15, -0.1) is 11.3 Å². The Morgan fingerprint density at radius 1 is 1.16 bits per heavy atom. The fraction of sp³-hybridized carbons (Fsp3) is 0.333. The fourth-order valence-electron chi connectivity index (χ4n) is 3.76. The van der Waals surface area contributed by atoms with E-state index in [0.29, 0.717) is 37.8 Å². The van der Waals surface area contributed by atoms with Crippen molar-refractivity contribution in [3.05, 3.63) is 65.3 Å². The van der Waals surface area contributed by atoms with E-state index in [-0.39, 0.29) is 11.7 Å². The quantitative estimate of drug-likeness (QED) is 0.533. The molecule has 0 atom stereocenters. The normalized spacial score (nSPS) is 15.4. The first-order valence-electron chi connectivity index (χ1n) is 10.4. The second-order valence-electron chi connectivity index (χ2n) is 7.57. The maximum Gasteiger partial charge on any atom is 0.236 e. The number of carbonyl (C=O) groups excluding carboxylic acids is 1. The predicted molar refractivity (Wildman–Crippen MR) is 120 cm³/mol. The highest BCUT2D eigenvalue weighted by molar-refractivity contribution is 7.14. The molecule has 7 heteroatoms. The van der Waals surface area contributed by atoms with Crippen LogP contribution in [-0.2, 0) is 14.9 Å². The van der Waals surface area contributed by atoms with Crippen LogP contribution in [0.25, 0.3) is 11.3 Å². The van der Waals surface area contributed by atoms with Gasteiger partial charge in [0.25, 0.3) is 0 Å². The van der Waals surface area contributed by atoms with Gasteiger partial charge in [0.15, 0.2) is 5.13 Å². The van der Waals surface area contributed by atoms with Crippen molar-refractivity contribution in [3.8, 4) is 17.0 Å². The van der Waals surface area contributed by atoms with E-state index in [2.05, 4.69) is 17.2 Å². The van der Waals surface area contributed by atoms with Crippen LogP contribution in [0, 0.1) is 5.82 Å². The molecule has 1 fully saturated rings. The van der Waals surface area contributed by atoms with E-state index in [1.165, 1.54) is 23.5 Å². The van der Waals surface area contributed by atoms with E-state index in [9.17, 15) is 9.18 Å². The highest BCUT2D eigenvalue weighted by atomic mass is 32.1. The SMILES string of the molecule is CCCOc1ccc(-c2csc(NC(=O)C3(c4ccc(F)cc4)CCOCC3)n2)cc1. The molecule has 0 radical (unpaired) electrons. The molecular formula is C24H25FN2O3S. The third kappa shape index (κ3) is 4.78. The van der Waals surface area contributed by atoms with Gasteiger partial charge in [-0.2, -0.15) is 0 Å². The van der Waals surface area contributed by atoms with Crippen LogP contribution in [0.3, 0.4) is 0 Å². The molecule has 1 N–H and O–H groups in total. The summed E-state index contributed by atoms with van der Waals surface area (Å²) in [5.74, 6) is 0.379. The van der Waals surface area contributed by atoms with Gasteiger partial charge in [-0.1, -0.05) is 19.1 Å². The highest BCUT2D eigenvalue weighted by Crippen LogP contribution is 2.37. The zero-order valence-corrected chi connectivity index (χ0v) is 18.2. The van der Waals surface area contributed by atoms with Gasteiger partial charge in [0.05, 0.1) is 17.7 Å². The lowest BCUT2D eigenvalue weighted by Crippen LogP contribution is -2.44. The average Bonchev–Trinajstić information content (AvgIpc) is 3.27.